The van der Waals surface area contributed by atoms with E-state index in [-0.39, 0.29) is 6.42 Å². The van der Waals surface area contributed by atoms with Gasteiger partial charge in [0, 0.05) is 6.42 Å². The van der Waals surface area contributed by atoms with Crippen LogP contribution in [0.15, 0.2) is 0 Å². The lowest BCUT2D eigenvalue weighted by atomic mass is 10.1. The van der Waals surface area contributed by atoms with Crippen molar-refractivity contribution in [3.63, 3.8) is 0 Å². The van der Waals surface area contributed by atoms with Crippen molar-refractivity contribution in [2.45, 2.75) is 38.0 Å². The Morgan fingerprint density at radius 3 is 1.75 bits per heavy atom. The molecule has 0 saturated heterocycles. The summed E-state index contributed by atoms with van der Waals surface area (Å²) in [5, 5.41) is 0. The van der Waals surface area contributed by atoms with Crippen molar-refractivity contribution < 1.29 is 26.3 Å². The fourth-order valence-corrected chi connectivity index (χ4v) is 0.699. The highest BCUT2D eigenvalue weighted by Gasteiger charge is 2.55. The van der Waals surface area contributed by atoms with Crippen molar-refractivity contribution in [1.29, 1.82) is 0 Å². The maximum Gasteiger partial charge on any atom is 0.425 e. The molecule has 0 aromatic carbocycles. The summed E-state index contributed by atoms with van der Waals surface area (Å²) in [7, 11) is 0. The number of halogens is 6. The highest BCUT2D eigenvalue weighted by molar-refractivity contribution is 4.82. The van der Waals surface area contributed by atoms with Gasteiger partial charge in [-0.25, -0.2) is 13.2 Å². The molecule has 0 saturated carbocycles. The Bertz CT molecular complexity index is 137. The van der Waals surface area contributed by atoms with E-state index in [4.69, 9.17) is 0 Å². The smallest absolute Gasteiger partial charge is 0.231 e. The van der Waals surface area contributed by atoms with E-state index in [1.165, 1.54) is 6.92 Å². The lowest BCUT2D eigenvalue weighted by Crippen LogP contribution is -2.41. The Morgan fingerprint density at radius 2 is 1.50 bits per heavy atom. The molecule has 12 heavy (non-hydrogen) atoms. The molecule has 0 aliphatic rings. The fraction of sp³-hybridized carbons (Fsp3) is 1.00. The summed E-state index contributed by atoms with van der Waals surface area (Å²) in [5.41, 5.74) is 0. The fourth-order valence-electron chi connectivity index (χ4n) is 0.699. The Morgan fingerprint density at radius 1 is 1.08 bits per heavy atom. The summed E-state index contributed by atoms with van der Waals surface area (Å²) in [6.07, 6.45) is -10.8. The molecule has 0 aromatic heterocycles. The Balaban J connectivity index is 4.34. The van der Waals surface area contributed by atoms with Gasteiger partial charge in [-0.15, -0.1) is 0 Å². The van der Waals surface area contributed by atoms with Gasteiger partial charge in [0.2, 0.25) is 0 Å². The van der Waals surface area contributed by atoms with Crippen LogP contribution < -0.4 is 0 Å². The van der Waals surface area contributed by atoms with Crippen LogP contribution in [0, 0.1) is 0 Å². The van der Waals surface area contributed by atoms with E-state index in [1.807, 2.05) is 0 Å². The molecule has 0 nitrogen and oxygen atoms in total. The average molecular weight is 194 g/mol. The van der Waals surface area contributed by atoms with E-state index in [9.17, 15) is 26.3 Å². The van der Waals surface area contributed by atoms with Gasteiger partial charge in [-0.2, -0.15) is 13.2 Å². The van der Waals surface area contributed by atoms with Crippen molar-refractivity contribution in [2.75, 3.05) is 0 Å². The maximum atomic E-state index is 12.2. The zero-order chi connectivity index (χ0) is 9.99. The molecule has 0 heterocycles. The summed E-state index contributed by atoms with van der Waals surface area (Å²) >= 11 is 0. The maximum absolute atomic E-state index is 12.2. The van der Waals surface area contributed by atoms with Gasteiger partial charge in [0.1, 0.15) is 0 Å². The molecule has 0 radical (unpaired) electrons. The van der Waals surface area contributed by atoms with Gasteiger partial charge in [-0.3, -0.25) is 0 Å². The highest BCUT2D eigenvalue weighted by Crippen LogP contribution is 2.37. The van der Waals surface area contributed by atoms with E-state index in [2.05, 4.69) is 0 Å². The first kappa shape index (κ1) is 11.6. The minimum absolute atomic E-state index is 0.191. The van der Waals surface area contributed by atoms with Gasteiger partial charge < -0.3 is 0 Å². The van der Waals surface area contributed by atoms with Crippen molar-refractivity contribution in [3.8, 4) is 0 Å². The van der Waals surface area contributed by atoms with Crippen LogP contribution >= 0.6 is 0 Å². The van der Waals surface area contributed by atoms with Gasteiger partial charge >= 0.3 is 6.18 Å². The molecule has 0 amide bonds. The third-order valence-corrected chi connectivity index (χ3v) is 1.24. The van der Waals surface area contributed by atoms with E-state index in [0.29, 0.717) is 0 Å². The molecule has 0 aliphatic carbocycles. The van der Waals surface area contributed by atoms with Gasteiger partial charge in [0.25, 0.3) is 12.1 Å². The molecule has 74 valence electrons. The van der Waals surface area contributed by atoms with Crippen LogP contribution in [0.1, 0.15) is 19.8 Å². The van der Waals surface area contributed by atoms with Gasteiger partial charge in [0.05, 0.1) is 0 Å². The van der Waals surface area contributed by atoms with E-state index in [1.54, 1.807) is 0 Å². The van der Waals surface area contributed by atoms with Crippen LogP contribution in [0.4, 0.5) is 26.3 Å². The number of rotatable bonds is 3. The molecular formula is C6H8F6. The van der Waals surface area contributed by atoms with Crippen molar-refractivity contribution in [2.24, 2.45) is 0 Å². The summed E-state index contributed by atoms with van der Waals surface area (Å²) in [6, 6.07) is 0. The molecule has 0 bridgehead atoms. The molecule has 0 spiro atoms. The average Bonchev–Trinajstić information content (AvgIpc) is 1.84. The van der Waals surface area contributed by atoms with Crippen LogP contribution in [-0.4, -0.2) is 18.3 Å². The first-order valence-electron chi connectivity index (χ1n) is 3.30. The van der Waals surface area contributed by atoms with Crippen LogP contribution in [0.5, 0.6) is 0 Å². The summed E-state index contributed by atoms with van der Waals surface area (Å²) in [5.74, 6) is -4.30. The van der Waals surface area contributed by atoms with Crippen LogP contribution in [0.3, 0.4) is 0 Å². The largest absolute Gasteiger partial charge is 0.425 e. The zero-order valence-corrected chi connectivity index (χ0v) is 6.26. The third-order valence-electron chi connectivity index (χ3n) is 1.24. The quantitative estimate of drug-likeness (QED) is 0.604. The first-order valence-corrected chi connectivity index (χ1v) is 3.30. The molecule has 0 fully saturated rings. The molecule has 0 aromatic rings. The lowest BCUT2D eigenvalue weighted by Gasteiger charge is -2.21. The van der Waals surface area contributed by atoms with Crippen LogP contribution in [-0.2, 0) is 0 Å². The molecule has 0 rings (SSSR count). The summed E-state index contributed by atoms with van der Waals surface area (Å²) < 4.78 is 70.7. The summed E-state index contributed by atoms with van der Waals surface area (Å²) in [4.78, 5) is 0. The monoisotopic (exact) mass is 194 g/mol. The minimum atomic E-state index is -5.47. The van der Waals surface area contributed by atoms with Crippen molar-refractivity contribution in [3.05, 3.63) is 0 Å². The molecular weight excluding hydrogens is 186 g/mol. The minimum Gasteiger partial charge on any atom is -0.231 e. The van der Waals surface area contributed by atoms with E-state index >= 15 is 0 Å². The molecule has 6 heteroatoms. The number of hydrogen-bond acceptors (Lipinski definition) is 0. The Kier molecular flexibility index (Phi) is 3.41. The van der Waals surface area contributed by atoms with E-state index < -0.39 is 24.7 Å². The SMILES string of the molecule is CCCC(F)(F)[C@H](F)C(F)(F)F. The third kappa shape index (κ3) is 2.91. The van der Waals surface area contributed by atoms with Crippen LogP contribution in [0.2, 0.25) is 0 Å². The normalized spacial score (nSPS) is 16.2. The second-order valence-corrected chi connectivity index (χ2v) is 2.42. The van der Waals surface area contributed by atoms with Gasteiger partial charge in [-0.1, -0.05) is 13.3 Å². The molecule has 1 atom stereocenters. The van der Waals surface area contributed by atoms with Crippen molar-refractivity contribution >= 4 is 0 Å². The predicted octanol–water partition coefficient (Wildman–Crippen LogP) is 3.32. The Labute approximate surface area is 65.6 Å². The van der Waals surface area contributed by atoms with Crippen molar-refractivity contribution in [1.82, 2.24) is 0 Å². The lowest BCUT2D eigenvalue weighted by molar-refractivity contribution is -0.245. The standard InChI is InChI=1S/C6H8F6/c1-2-3-5(8,9)4(7)6(10,11)12/h4H,2-3H2,1H3/t4-/m0/s1. The topological polar surface area (TPSA) is 0 Å². The number of alkyl halides is 6. The van der Waals surface area contributed by atoms with E-state index in [0.717, 1.165) is 0 Å². The van der Waals surface area contributed by atoms with Gasteiger partial charge in [-0.05, 0) is 0 Å². The van der Waals surface area contributed by atoms with Gasteiger partial charge in [0.15, 0.2) is 0 Å². The molecule has 0 aliphatic heterocycles. The predicted molar refractivity (Wildman–Crippen MR) is 30.8 cm³/mol. The highest BCUT2D eigenvalue weighted by atomic mass is 19.4. The summed E-state index contributed by atoms with van der Waals surface area (Å²) in [6.45, 7) is 1.26. The van der Waals surface area contributed by atoms with Crippen LogP contribution in [0.25, 0.3) is 0 Å². The number of hydrogen-bond donors (Lipinski definition) is 0. The first-order chi connectivity index (χ1) is 5.22. The Hall–Kier alpha value is -0.420. The molecule has 0 unspecified atom stereocenters. The second-order valence-electron chi connectivity index (χ2n) is 2.42. The molecule has 0 N–H and O–H groups in total. The second kappa shape index (κ2) is 3.53. The zero-order valence-electron chi connectivity index (χ0n) is 6.26.